The van der Waals surface area contributed by atoms with Crippen molar-refractivity contribution in [3.8, 4) is 0 Å². The lowest BCUT2D eigenvalue weighted by Crippen LogP contribution is -2.26. The van der Waals surface area contributed by atoms with Crippen LogP contribution in [0.3, 0.4) is 0 Å². The molecule has 2 heterocycles. The van der Waals surface area contributed by atoms with E-state index in [1.54, 1.807) is 17.8 Å². The zero-order chi connectivity index (χ0) is 16.5. The fourth-order valence-corrected chi connectivity index (χ4v) is 4.63. The number of amides is 1. The molecule has 1 unspecified atom stereocenters. The highest BCUT2D eigenvalue weighted by molar-refractivity contribution is 8.00. The number of halogens is 2. The summed E-state index contributed by atoms with van der Waals surface area (Å²) in [5.74, 6) is 0.490. The van der Waals surface area contributed by atoms with E-state index in [0.717, 1.165) is 35.4 Å². The van der Waals surface area contributed by atoms with Crippen LogP contribution < -0.4 is 10.6 Å². The third-order valence-electron chi connectivity index (χ3n) is 4.70. The monoisotopic (exact) mass is 378 g/mol. The predicted molar refractivity (Wildman–Crippen MR) is 103 cm³/mol. The fraction of sp³-hybridized carbons (Fsp3) is 0.316. The van der Waals surface area contributed by atoms with Crippen LogP contribution in [0.1, 0.15) is 27.5 Å². The second-order valence-electron chi connectivity index (χ2n) is 6.18. The van der Waals surface area contributed by atoms with E-state index >= 15 is 0 Å². The molecule has 0 radical (unpaired) electrons. The van der Waals surface area contributed by atoms with Gasteiger partial charge in [0.05, 0.1) is 5.69 Å². The van der Waals surface area contributed by atoms with Crippen molar-refractivity contribution in [2.24, 2.45) is 0 Å². The van der Waals surface area contributed by atoms with Crippen LogP contribution in [0.5, 0.6) is 0 Å². The number of carbonyl (C=O) groups is 1. The van der Waals surface area contributed by atoms with Gasteiger partial charge in [0, 0.05) is 6.54 Å². The molecule has 2 aliphatic heterocycles. The topological polar surface area (TPSA) is 41.1 Å². The maximum Gasteiger partial charge on any atom is 0.242 e. The SMILES string of the molecule is Cl.O=C(Nc1ccc2c(c1F)CCNC2)C1SCCc2ccccc21. The Hall–Kier alpha value is -1.56. The lowest BCUT2D eigenvalue weighted by Gasteiger charge is -2.25. The summed E-state index contributed by atoms with van der Waals surface area (Å²) < 4.78 is 14.7. The molecule has 2 aliphatic rings. The van der Waals surface area contributed by atoms with E-state index in [-0.39, 0.29) is 29.4 Å². The minimum Gasteiger partial charge on any atom is -0.322 e. The summed E-state index contributed by atoms with van der Waals surface area (Å²) in [5.41, 5.74) is 4.27. The van der Waals surface area contributed by atoms with Crippen molar-refractivity contribution in [2.75, 3.05) is 17.6 Å². The highest BCUT2D eigenvalue weighted by Gasteiger charge is 2.28. The minimum atomic E-state index is -0.281. The van der Waals surface area contributed by atoms with Gasteiger partial charge < -0.3 is 10.6 Å². The Kier molecular flexibility index (Phi) is 5.67. The van der Waals surface area contributed by atoms with Gasteiger partial charge in [-0.1, -0.05) is 30.3 Å². The smallest absolute Gasteiger partial charge is 0.242 e. The van der Waals surface area contributed by atoms with Crippen molar-refractivity contribution in [1.29, 1.82) is 0 Å². The van der Waals surface area contributed by atoms with Gasteiger partial charge in [0.25, 0.3) is 0 Å². The molecule has 0 saturated carbocycles. The van der Waals surface area contributed by atoms with Crippen LogP contribution in [0.25, 0.3) is 0 Å². The Bertz CT molecular complexity index is 799. The molecule has 1 amide bonds. The van der Waals surface area contributed by atoms with Crippen molar-refractivity contribution in [1.82, 2.24) is 5.32 Å². The molecule has 0 saturated heterocycles. The molecule has 6 heteroatoms. The molecule has 0 spiro atoms. The number of thioether (sulfide) groups is 1. The maximum atomic E-state index is 14.7. The van der Waals surface area contributed by atoms with Crippen LogP contribution in [0.4, 0.5) is 10.1 Å². The average molecular weight is 379 g/mol. The van der Waals surface area contributed by atoms with Gasteiger partial charge in [0.15, 0.2) is 0 Å². The van der Waals surface area contributed by atoms with Gasteiger partial charge in [-0.25, -0.2) is 4.39 Å². The van der Waals surface area contributed by atoms with Crippen molar-refractivity contribution >= 4 is 35.8 Å². The number of benzene rings is 2. The summed E-state index contributed by atoms with van der Waals surface area (Å²) in [7, 11) is 0. The van der Waals surface area contributed by atoms with Crippen LogP contribution in [0.2, 0.25) is 0 Å². The van der Waals surface area contributed by atoms with Crippen LogP contribution in [0.15, 0.2) is 36.4 Å². The number of anilines is 1. The molecule has 3 nitrogen and oxygen atoms in total. The lowest BCUT2D eigenvalue weighted by atomic mass is 9.99. The molecule has 25 heavy (non-hydrogen) atoms. The Balaban J connectivity index is 0.00000182. The number of rotatable bonds is 2. The molecule has 2 aromatic rings. The molecular formula is C19H20ClFN2OS. The molecule has 0 fully saturated rings. The number of hydrogen-bond acceptors (Lipinski definition) is 3. The van der Waals surface area contributed by atoms with Gasteiger partial charge in [-0.05, 0) is 53.5 Å². The van der Waals surface area contributed by atoms with E-state index in [4.69, 9.17) is 0 Å². The summed E-state index contributed by atoms with van der Waals surface area (Å²) in [6, 6.07) is 11.6. The zero-order valence-electron chi connectivity index (χ0n) is 13.7. The largest absolute Gasteiger partial charge is 0.322 e. The highest BCUT2D eigenvalue weighted by atomic mass is 35.5. The molecular weight excluding hydrogens is 359 g/mol. The van der Waals surface area contributed by atoms with E-state index in [1.807, 2.05) is 24.3 Å². The Morgan fingerprint density at radius 1 is 1.16 bits per heavy atom. The molecule has 2 aromatic carbocycles. The van der Waals surface area contributed by atoms with Crippen LogP contribution in [-0.4, -0.2) is 18.2 Å². The summed E-state index contributed by atoms with van der Waals surface area (Å²) in [5, 5.41) is 5.78. The lowest BCUT2D eigenvalue weighted by molar-refractivity contribution is -0.115. The number of fused-ring (bicyclic) bond motifs is 2. The summed E-state index contributed by atoms with van der Waals surface area (Å²) in [6.07, 6.45) is 1.64. The standard InChI is InChI=1S/C19H19FN2OS.ClH/c20-17-14-7-9-21-11-13(14)5-6-16(17)22-19(23)18-15-4-2-1-3-12(15)8-10-24-18;/h1-6,18,21H,7-11H2,(H,22,23);1H. The number of hydrogen-bond donors (Lipinski definition) is 2. The first-order valence-corrected chi connectivity index (χ1v) is 9.30. The van der Waals surface area contributed by atoms with Crippen molar-refractivity contribution in [3.63, 3.8) is 0 Å². The summed E-state index contributed by atoms with van der Waals surface area (Å²) >= 11 is 1.62. The number of carbonyl (C=O) groups excluding carboxylic acids is 1. The fourth-order valence-electron chi connectivity index (χ4n) is 3.44. The number of aryl methyl sites for hydroxylation is 1. The van der Waals surface area contributed by atoms with Crippen LogP contribution >= 0.6 is 24.2 Å². The molecule has 0 aliphatic carbocycles. The molecule has 2 N–H and O–H groups in total. The maximum absolute atomic E-state index is 14.7. The quantitative estimate of drug-likeness (QED) is 0.833. The molecule has 132 valence electrons. The molecule has 1 atom stereocenters. The Morgan fingerprint density at radius 3 is 2.88 bits per heavy atom. The second-order valence-corrected chi connectivity index (χ2v) is 7.39. The van der Waals surface area contributed by atoms with Crippen molar-refractivity contribution in [2.45, 2.75) is 24.6 Å². The van der Waals surface area contributed by atoms with Gasteiger partial charge in [-0.15, -0.1) is 24.2 Å². The predicted octanol–water partition coefficient (Wildman–Crippen LogP) is 3.86. The minimum absolute atomic E-state index is 0. The first-order chi connectivity index (χ1) is 11.7. The van der Waals surface area contributed by atoms with Crippen molar-refractivity contribution in [3.05, 3.63) is 64.5 Å². The highest BCUT2D eigenvalue weighted by Crippen LogP contribution is 2.37. The van der Waals surface area contributed by atoms with Crippen molar-refractivity contribution < 1.29 is 9.18 Å². The molecule has 0 bridgehead atoms. The van der Waals surface area contributed by atoms with E-state index < -0.39 is 0 Å². The normalized spacial score (nSPS) is 18.5. The van der Waals surface area contributed by atoms with Gasteiger partial charge in [0.1, 0.15) is 11.1 Å². The second kappa shape index (κ2) is 7.77. The average Bonchev–Trinajstić information content (AvgIpc) is 2.63. The third kappa shape index (κ3) is 3.54. The van der Waals surface area contributed by atoms with Crippen LogP contribution in [0, 0.1) is 5.82 Å². The zero-order valence-corrected chi connectivity index (χ0v) is 15.3. The van der Waals surface area contributed by atoms with Gasteiger partial charge in [0.2, 0.25) is 5.91 Å². The summed E-state index contributed by atoms with van der Waals surface area (Å²) in [6.45, 7) is 1.46. The van der Waals surface area contributed by atoms with E-state index in [9.17, 15) is 9.18 Å². The van der Waals surface area contributed by atoms with E-state index in [0.29, 0.717) is 18.7 Å². The molecule has 4 rings (SSSR count). The molecule has 0 aromatic heterocycles. The Morgan fingerprint density at radius 2 is 2.00 bits per heavy atom. The first-order valence-electron chi connectivity index (χ1n) is 8.25. The van der Waals surface area contributed by atoms with E-state index in [1.165, 1.54) is 5.56 Å². The van der Waals surface area contributed by atoms with Gasteiger partial charge in [-0.2, -0.15) is 0 Å². The number of nitrogens with one attached hydrogen (secondary N) is 2. The van der Waals surface area contributed by atoms with Gasteiger partial charge >= 0.3 is 0 Å². The third-order valence-corrected chi connectivity index (χ3v) is 5.94. The summed E-state index contributed by atoms with van der Waals surface area (Å²) in [4.78, 5) is 12.7. The van der Waals surface area contributed by atoms with Crippen LogP contribution in [-0.2, 0) is 24.2 Å². The van der Waals surface area contributed by atoms with Gasteiger partial charge in [-0.3, -0.25) is 4.79 Å². The first kappa shape index (κ1) is 18.2. The van der Waals surface area contributed by atoms with E-state index in [2.05, 4.69) is 16.7 Å². The Labute approximate surface area is 157 Å².